The van der Waals surface area contributed by atoms with Crippen molar-refractivity contribution in [1.82, 2.24) is 0 Å². The maximum atomic E-state index is 9.92. The first-order chi connectivity index (χ1) is 3.81. The summed E-state index contributed by atoms with van der Waals surface area (Å²) in [4.78, 5) is 4.57. The second-order valence-electron chi connectivity index (χ2n) is 1.39. The molecule has 0 unspecified atom stereocenters. The standard InChI is InChI=1S/C5H10NO2/c1-3-8-6-5(2)4-7/h3-4H2,1-2H3. The molecule has 0 heterocycles. The van der Waals surface area contributed by atoms with Gasteiger partial charge < -0.3 is 4.84 Å². The van der Waals surface area contributed by atoms with Crippen molar-refractivity contribution in [3.05, 3.63) is 0 Å². The molecule has 0 spiro atoms. The van der Waals surface area contributed by atoms with Gasteiger partial charge in [-0.25, -0.2) is 5.11 Å². The molecular formula is C5H10NO2. The van der Waals surface area contributed by atoms with Crippen molar-refractivity contribution in [3.63, 3.8) is 0 Å². The SMILES string of the molecule is CCON=C(C)C[O]. The van der Waals surface area contributed by atoms with E-state index >= 15 is 0 Å². The molecule has 0 saturated heterocycles. The lowest BCUT2D eigenvalue weighted by atomic mass is 10.5. The maximum absolute atomic E-state index is 9.92. The van der Waals surface area contributed by atoms with Crippen molar-refractivity contribution in [3.8, 4) is 0 Å². The summed E-state index contributed by atoms with van der Waals surface area (Å²) in [6.07, 6.45) is 0. The maximum Gasteiger partial charge on any atom is 0.123 e. The van der Waals surface area contributed by atoms with E-state index in [1.165, 1.54) is 0 Å². The molecule has 0 aliphatic carbocycles. The van der Waals surface area contributed by atoms with E-state index in [1.807, 2.05) is 6.92 Å². The lowest BCUT2D eigenvalue weighted by molar-refractivity contribution is 0.153. The molecule has 0 atom stereocenters. The minimum atomic E-state index is -0.278. The highest BCUT2D eigenvalue weighted by Crippen LogP contribution is 1.77. The zero-order chi connectivity index (χ0) is 6.41. The van der Waals surface area contributed by atoms with Crippen LogP contribution in [0, 0.1) is 0 Å². The van der Waals surface area contributed by atoms with Crippen molar-refractivity contribution in [2.45, 2.75) is 13.8 Å². The molecule has 0 saturated carbocycles. The van der Waals surface area contributed by atoms with E-state index in [-0.39, 0.29) is 6.61 Å². The molecule has 0 aromatic carbocycles. The first kappa shape index (κ1) is 7.43. The van der Waals surface area contributed by atoms with Gasteiger partial charge in [0.25, 0.3) is 0 Å². The Morgan fingerprint density at radius 1 is 1.75 bits per heavy atom. The van der Waals surface area contributed by atoms with Gasteiger partial charge in [-0.3, -0.25) is 0 Å². The molecule has 1 radical (unpaired) electrons. The Bertz CT molecular complexity index is 80.5. The molecule has 0 amide bonds. The molecule has 0 rings (SSSR count). The highest BCUT2D eigenvalue weighted by molar-refractivity contribution is 5.82. The van der Waals surface area contributed by atoms with Gasteiger partial charge in [0, 0.05) is 0 Å². The van der Waals surface area contributed by atoms with E-state index in [2.05, 4.69) is 9.99 Å². The molecule has 0 aliphatic heterocycles. The van der Waals surface area contributed by atoms with Gasteiger partial charge in [0.2, 0.25) is 0 Å². The molecule has 3 nitrogen and oxygen atoms in total. The van der Waals surface area contributed by atoms with Gasteiger partial charge in [0.05, 0.1) is 5.71 Å². The van der Waals surface area contributed by atoms with Crippen LogP contribution in [-0.4, -0.2) is 18.9 Å². The van der Waals surface area contributed by atoms with E-state index in [1.54, 1.807) is 6.92 Å². The minimum Gasteiger partial charge on any atom is -0.396 e. The lowest BCUT2D eigenvalue weighted by Crippen LogP contribution is -1.97. The van der Waals surface area contributed by atoms with Gasteiger partial charge in [-0.15, -0.1) is 0 Å². The Morgan fingerprint density at radius 3 is 2.75 bits per heavy atom. The largest absolute Gasteiger partial charge is 0.396 e. The fraction of sp³-hybridized carbons (Fsp3) is 0.800. The lowest BCUT2D eigenvalue weighted by Gasteiger charge is -1.91. The monoisotopic (exact) mass is 116 g/mol. The third kappa shape index (κ3) is 3.61. The average molecular weight is 116 g/mol. The summed E-state index contributed by atoms with van der Waals surface area (Å²) in [6, 6.07) is 0. The van der Waals surface area contributed by atoms with E-state index in [9.17, 15) is 5.11 Å². The van der Waals surface area contributed by atoms with Crippen LogP contribution in [0.2, 0.25) is 0 Å². The quantitative estimate of drug-likeness (QED) is 0.397. The Kier molecular flexibility index (Phi) is 4.26. The molecule has 0 N–H and O–H groups in total. The summed E-state index contributed by atoms with van der Waals surface area (Å²) in [5.41, 5.74) is 0.492. The smallest absolute Gasteiger partial charge is 0.123 e. The van der Waals surface area contributed by atoms with Crippen LogP contribution < -0.4 is 0 Å². The number of hydrogen-bond donors (Lipinski definition) is 0. The fourth-order valence-corrected chi connectivity index (χ4v) is 0.201. The predicted octanol–water partition coefficient (Wildman–Crippen LogP) is 0.829. The molecule has 0 aromatic rings. The Balaban J connectivity index is 3.26. The second-order valence-corrected chi connectivity index (χ2v) is 1.39. The topological polar surface area (TPSA) is 41.5 Å². The van der Waals surface area contributed by atoms with E-state index < -0.39 is 0 Å². The third-order valence-corrected chi connectivity index (χ3v) is 0.558. The van der Waals surface area contributed by atoms with Crippen molar-refractivity contribution < 1.29 is 9.94 Å². The summed E-state index contributed by atoms with van der Waals surface area (Å²) in [6.45, 7) is 3.71. The normalized spacial score (nSPS) is 11.6. The number of nitrogens with zero attached hydrogens (tertiary/aromatic N) is 1. The molecule has 47 valence electrons. The van der Waals surface area contributed by atoms with Gasteiger partial charge in [0.15, 0.2) is 0 Å². The molecule has 0 fully saturated rings. The van der Waals surface area contributed by atoms with E-state index in [0.717, 1.165) is 0 Å². The van der Waals surface area contributed by atoms with Crippen LogP contribution in [0.5, 0.6) is 0 Å². The zero-order valence-corrected chi connectivity index (χ0v) is 5.18. The van der Waals surface area contributed by atoms with Gasteiger partial charge in [-0.2, -0.15) is 0 Å². The minimum absolute atomic E-state index is 0.278. The number of rotatable bonds is 3. The molecule has 0 aromatic heterocycles. The highest BCUT2D eigenvalue weighted by Gasteiger charge is 1.84. The Hall–Kier alpha value is -0.570. The van der Waals surface area contributed by atoms with Crippen LogP contribution in [-0.2, 0) is 9.94 Å². The first-order valence-corrected chi connectivity index (χ1v) is 2.54. The van der Waals surface area contributed by atoms with Crippen molar-refractivity contribution >= 4 is 5.71 Å². The summed E-state index contributed by atoms with van der Waals surface area (Å²) < 4.78 is 0. The second kappa shape index (κ2) is 4.59. The Morgan fingerprint density at radius 2 is 2.38 bits per heavy atom. The van der Waals surface area contributed by atoms with Gasteiger partial charge in [-0.1, -0.05) is 5.16 Å². The van der Waals surface area contributed by atoms with Crippen LogP contribution in [0.3, 0.4) is 0 Å². The van der Waals surface area contributed by atoms with Crippen molar-refractivity contribution in [2.24, 2.45) is 5.16 Å². The predicted molar refractivity (Wildman–Crippen MR) is 30.3 cm³/mol. The number of hydrogen-bond acceptors (Lipinski definition) is 2. The van der Waals surface area contributed by atoms with Crippen LogP contribution >= 0.6 is 0 Å². The van der Waals surface area contributed by atoms with E-state index in [4.69, 9.17) is 0 Å². The Labute approximate surface area is 49.0 Å². The van der Waals surface area contributed by atoms with Gasteiger partial charge in [0.1, 0.15) is 13.2 Å². The number of oxime groups is 1. The summed E-state index contributed by atoms with van der Waals surface area (Å²) in [7, 11) is 0. The highest BCUT2D eigenvalue weighted by atomic mass is 16.6. The fourth-order valence-electron chi connectivity index (χ4n) is 0.201. The van der Waals surface area contributed by atoms with Gasteiger partial charge >= 0.3 is 0 Å². The van der Waals surface area contributed by atoms with Crippen LogP contribution in [0.1, 0.15) is 13.8 Å². The van der Waals surface area contributed by atoms with E-state index in [0.29, 0.717) is 12.3 Å². The first-order valence-electron chi connectivity index (χ1n) is 2.54. The van der Waals surface area contributed by atoms with Crippen LogP contribution in [0.15, 0.2) is 5.16 Å². The van der Waals surface area contributed by atoms with Crippen LogP contribution in [0.4, 0.5) is 0 Å². The van der Waals surface area contributed by atoms with Crippen molar-refractivity contribution in [1.29, 1.82) is 0 Å². The summed E-state index contributed by atoms with van der Waals surface area (Å²) in [5.74, 6) is 0. The average Bonchev–Trinajstić information content (AvgIpc) is 1.83. The van der Waals surface area contributed by atoms with Crippen molar-refractivity contribution in [2.75, 3.05) is 13.2 Å². The summed E-state index contributed by atoms with van der Waals surface area (Å²) >= 11 is 0. The summed E-state index contributed by atoms with van der Waals surface area (Å²) in [5, 5.41) is 13.4. The van der Waals surface area contributed by atoms with Crippen LogP contribution in [0.25, 0.3) is 0 Å². The molecule has 0 bridgehead atoms. The molecule has 8 heavy (non-hydrogen) atoms. The molecule has 3 heteroatoms. The zero-order valence-electron chi connectivity index (χ0n) is 5.18. The van der Waals surface area contributed by atoms with Gasteiger partial charge in [-0.05, 0) is 13.8 Å². The third-order valence-electron chi connectivity index (χ3n) is 0.558. The molecular weight excluding hydrogens is 106 g/mol. The molecule has 0 aliphatic rings.